The highest BCUT2D eigenvalue weighted by Crippen LogP contribution is 2.30. The highest BCUT2D eigenvalue weighted by molar-refractivity contribution is 7.00. The Balaban J connectivity index is 1.78. The first-order chi connectivity index (χ1) is 10.1. The van der Waals surface area contributed by atoms with E-state index in [4.69, 9.17) is 23.2 Å². The lowest BCUT2D eigenvalue weighted by atomic mass is 10.1. The molecule has 21 heavy (non-hydrogen) atoms. The van der Waals surface area contributed by atoms with Crippen LogP contribution in [0.15, 0.2) is 36.4 Å². The van der Waals surface area contributed by atoms with Crippen LogP contribution in [0.2, 0.25) is 10.0 Å². The van der Waals surface area contributed by atoms with Crippen LogP contribution in [0.25, 0.3) is 11.0 Å². The Morgan fingerprint density at radius 1 is 1.10 bits per heavy atom. The number of aliphatic hydroxyl groups excluding tert-OH is 1. The van der Waals surface area contributed by atoms with E-state index in [0.29, 0.717) is 22.3 Å². The van der Waals surface area contributed by atoms with Crippen molar-refractivity contribution in [3.63, 3.8) is 0 Å². The van der Waals surface area contributed by atoms with Crippen molar-refractivity contribution in [1.29, 1.82) is 0 Å². The number of halogens is 2. The van der Waals surface area contributed by atoms with Gasteiger partial charge in [-0.2, -0.15) is 8.75 Å². The third kappa shape index (κ3) is 3.11. The SMILES string of the molecule is OC(CNc1c(Cl)ccc2nsnc12)c1ccc(Cl)cc1. The number of benzene rings is 2. The molecule has 1 aromatic heterocycles. The van der Waals surface area contributed by atoms with Crippen molar-refractivity contribution in [3.05, 3.63) is 52.0 Å². The molecule has 3 aromatic rings. The number of anilines is 1. The number of fused-ring (bicyclic) bond motifs is 1. The van der Waals surface area contributed by atoms with Crippen molar-refractivity contribution in [2.24, 2.45) is 0 Å². The minimum absolute atomic E-state index is 0.317. The fraction of sp³-hybridized carbons (Fsp3) is 0.143. The fourth-order valence-electron chi connectivity index (χ4n) is 2.00. The molecular weight excluding hydrogens is 329 g/mol. The number of nitrogens with one attached hydrogen (secondary N) is 1. The van der Waals surface area contributed by atoms with Crippen molar-refractivity contribution < 1.29 is 5.11 Å². The molecule has 3 rings (SSSR count). The maximum atomic E-state index is 10.2. The molecule has 4 nitrogen and oxygen atoms in total. The summed E-state index contributed by atoms with van der Waals surface area (Å²) >= 11 is 13.2. The zero-order chi connectivity index (χ0) is 14.8. The van der Waals surface area contributed by atoms with E-state index in [1.54, 1.807) is 30.3 Å². The third-order valence-electron chi connectivity index (χ3n) is 3.10. The summed E-state index contributed by atoms with van der Waals surface area (Å²) < 4.78 is 8.40. The largest absolute Gasteiger partial charge is 0.387 e. The summed E-state index contributed by atoms with van der Waals surface area (Å²) in [6, 6.07) is 10.7. The predicted molar refractivity (Wildman–Crippen MR) is 87.3 cm³/mol. The van der Waals surface area contributed by atoms with Gasteiger partial charge in [-0.1, -0.05) is 35.3 Å². The second-order valence-electron chi connectivity index (χ2n) is 4.50. The maximum absolute atomic E-state index is 10.2. The molecule has 0 aliphatic carbocycles. The maximum Gasteiger partial charge on any atom is 0.129 e. The van der Waals surface area contributed by atoms with Crippen molar-refractivity contribution in [1.82, 2.24) is 8.75 Å². The summed E-state index contributed by atoms with van der Waals surface area (Å²) in [5.41, 5.74) is 2.98. The number of rotatable bonds is 4. The van der Waals surface area contributed by atoms with Crippen molar-refractivity contribution in [2.75, 3.05) is 11.9 Å². The van der Waals surface area contributed by atoms with E-state index < -0.39 is 6.10 Å². The minimum Gasteiger partial charge on any atom is -0.387 e. The van der Waals surface area contributed by atoms with Gasteiger partial charge in [0.25, 0.3) is 0 Å². The fourth-order valence-corrected chi connectivity index (χ4v) is 2.88. The van der Waals surface area contributed by atoms with Crippen molar-refractivity contribution >= 4 is 51.7 Å². The van der Waals surface area contributed by atoms with Crippen molar-refractivity contribution in [2.45, 2.75) is 6.10 Å². The van der Waals surface area contributed by atoms with Gasteiger partial charge in [0.05, 0.1) is 28.5 Å². The molecule has 0 aliphatic rings. The second kappa shape index (κ2) is 6.15. The first-order valence-electron chi connectivity index (χ1n) is 6.23. The Kier molecular flexibility index (Phi) is 4.26. The molecule has 0 radical (unpaired) electrons. The quantitative estimate of drug-likeness (QED) is 0.749. The molecule has 1 heterocycles. The van der Waals surface area contributed by atoms with Crippen LogP contribution in [0, 0.1) is 0 Å². The van der Waals surface area contributed by atoms with E-state index in [1.807, 2.05) is 6.07 Å². The van der Waals surface area contributed by atoms with Gasteiger partial charge in [0.2, 0.25) is 0 Å². The molecule has 7 heteroatoms. The lowest BCUT2D eigenvalue weighted by molar-refractivity contribution is 0.191. The monoisotopic (exact) mass is 339 g/mol. The molecule has 1 atom stereocenters. The minimum atomic E-state index is -0.666. The Morgan fingerprint density at radius 2 is 1.86 bits per heavy atom. The predicted octanol–water partition coefficient (Wildman–Crippen LogP) is 4.14. The topological polar surface area (TPSA) is 58.0 Å². The van der Waals surface area contributed by atoms with Crippen LogP contribution in [0.3, 0.4) is 0 Å². The number of nitrogens with zero attached hydrogens (tertiary/aromatic N) is 2. The number of aromatic nitrogens is 2. The molecule has 0 bridgehead atoms. The summed E-state index contributed by atoms with van der Waals surface area (Å²) in [6.45, 7) is 0.317. The van der Waals surface area contributed by atoms with Gasteiger partial charge in [-0.05, 0) is 29.8 Å². The van der Waals surface area contributed by atoms with E-state index in [-0.39, 0.29) is 0 Å². The molecule has 0 aliphatic heterocycles. The Hall–Kier alpha value is -1.40. The van der Waals surface area contributed by atoms with Gasteiger partial charge in [0.1, 0.15) is 11.0 Å². The van der Waals surface area contributed by atoms with Gasteiger partial charge in [0, 0.05) is 11.6 Å². The standard InChI is InChI=1S/C14H11Cl2N3OS/c15-9-3-1-8(2-4-9)12(20)7-17-13-10(16)5-6-11-14(13)19-21-18-11/h1-6,12,17,20H,7H2. The summed E-state index contributed by atoms with van der Waals surface area (Å²) in [6.07, 6.45) is -0.666. The average molecular weight is 340 g/mol. The Bertz CT molecular complexity index is 761. The lowest BCUT2D eigenvalue weighted by Crippen LogP contribution is -2.12. The Labute approximate surface area is 135 Å². The van der Waals surface area contributed by atoms with E-state index in [0.717, 1.165) is 28.3 Å². The van der Waals surface area contributed by atoms with Gasteiger partial charge >= 0.3 is 0 Å². The molecule has 108 valence electrons. The molecule has 2 N–H and O–H groups in total. The van der Waals surface area contributed by atoms with E-state index >= 15 is 0 Å². The molecule has 2 aromatic carbocycles. The van der Waals surface area contributed by atoms with Gasteiger partial charge < -0.3 is 10.4 Å². The molecular formula is C14H11Cl2N3OS. The van der Waals surface area contributed by atoms with Crippen LogP contribution in [0.4, 0.5) is 5.69 Å². The lowest BCUT2D eigenvalue weighted by Gasteiger charge is -2.14. The number of aliphatic hydroxyl groups is 1. The highest BCUT2D eigenvalue weighted by atomic mass is 35.5. The van der Waals surface area contributed by atoms with Crippen molar-refractivity contribution in [3.8, 4) is 0 Å². The van der Waals surface area contributed by atoms with Crippen LogP contribution < -0.4 is 5.32 Å². The molecule has 0 amide bonds. The molecule has 0 saturated carbocycles. The molecule has 1 unspecified atom stereocenters. The molecule has 0 spiro atoms. The van der Waals surface area contributed by atoms with E-state index in [2.05, 4.69) is 14.1 Å². The first kappa shape index (κ1) is 14.5. The smallest absolute Gasteiger partial charge is 0.129 e. The number of hydrogen-bond acceptors (Lipinski definition) is 5. The van der Waals surface area contributed by atoms with Crippen LogP contribution in [0.5, 0.6) is 0 Å². The zero-order valence-corrected chi connectivity index (χ0v) is 13.1. The van der Waals surface area contributed by atoms with Crippen LogP contribution in [-0.2, 0) is 0 Å². The Morgan fingerprint density at radius 3 is 2.62 bits per heavy atom. The number of hydrogen-bond donors (Lipinski definition) is 2. The van der Waals surface area contributed by atoms with Crippen LogP contribution in [-0.4, -0.2) is 20.4 Å². The summed E-state index contributed by atoms with van der Waals surface area (Å²) in [7, 11) is 0. The van der Waals surface area contributed by atoms with Crippen LogP contribution in [0.1, 0.15) is 11.7 Å². The van der Waals surface area contributed by atoms with Gasteiger partial charge in [0.15, 0.2) is 0 Å². The summed E-state index contributed by atoms with van der Waals surface area (Å²) in [4.78, 5) is 0. The third-order valence-corrected chi connectivity index (χ3v) is 4.21. The zero-order valence-electron chi connectivity index (χ0n) is 10.8. The molecule has 0 saturated heterocycles. The molecule has 0 fully saturated rings. The van der Waals surface area contributed by atoms with E-state index in [1.165, 1.54) is 0 Å². The van der Waals surface area contributed by atoms with Gasteiger partial charge in [-0.15, -0.1) is 0 Å². The highest BCUT2D eigenvalue weighted by Gasteiger charge is 2.12. The normalized spacial score (nSPS) is 12.5. The van der Waals surface area contributed by atoms with Gasteiger partial charge in [-0.25, -0.2) is 0 Å². The van der Waals surface area contributed by atoms with Gasteiger partial charge in [-0.3, -0.25) is 0 Å². The van der Waals surface area contributed by atoms with Crippen LogP contribution >= 0.6 is 34.9 Å². The van der Waals surface area contributed by atoms with E-state index in [9.17, 15) is 5.11 Å². The second-order valence-corrected chi connectivity index (χ2v) is 5.87. The summed E-state index contributed by atoms with van der Waals surface area (Å²) in [5.74, 6) is 0. The first-order valence-corrected chi connectivity index (χ1v) is 7.72. The average Bonchev–Trinajstić information content (AvgIpc) is 2.95. The summed E-state index contributed by atoms with van der Waals surface area (Å²) in [5, 5.41) is 14.5.